The van der Waals surface area contributed by atoms with Crippen LogP contribution in [-0.4, -0.2) is 45.1 Å². The zero-order valence-electron chi connectivity index (χ0n) is 17.4. The van der Waals surface area contributed by atoms with E-state index in [0.717, 1.165) is 43.3 Å². The SMILES string of the molecule is CC(C)(O)OF.Cc1cn(C2CCC(CNCCCN)C2)c2ncnc(C)c12. The molecule has 3 rings (SSSR count). The third kappa shape index (κ3) is 6.20. The highest BCUT2D eigenvalue weighted by molar-refractivity contribution is 5.82. The summed E-state index contributed by atoms with van der Waals surface area (Å²) < 4.78 is 13.1. The van der Waals surface area contributed by atoms with Crippen LogP contribution in [0.2, 0.25) is 0 Å². The largest absolute Gasteiger partial charge is 0.363 e. The number of nitrogens with zero attached hydrogens (tertiary/aromatic N) is 3. The van der Waals surface area contributed by atoms with Gasteiger partial charge >= 0.3 is 0 Å². The normalized spacial score (nSPS) is 19.7. The summed E-state index contributed by atoms with van der Waals surface area (Å²) in [6.45, 7) is 9.56. The van der Waals surface area contributed by atoms with Crippen molar-refractivity contribution in [3.8, 4) is 0 Å². The van der Waals surface area contributed by atoms with Gasteiger partial charge in [-0.25, -0.2) is 9.97 Å². The molecule has 2 unspecified atom stereocenters. The summed E-state index contributed by atoms with van der Waals surface area (Å²) in [5, 5.41) is 13.0. The van der Waals surface area contributed by atoms with E-state index in [-0.39, 0.29) is 0 Å². The Kier molecular flexibility index (Phi) is 8.30. The van der Waals surface area contributed by atoms with E-state index in [1.807, 2.05) is 0 Å². The summed E-state index contributed by atoms with van der Waals surface area (Å²) in [5.74, 6) is -0.858. The summed E-state index contributed by atoms with van der Waals surface area (Å²) >= 11 is 0. The van der Waals surface area contributed by atoms with Gasteiger partial charge in [0.15, 0.2) is 5.79 Å². The van der Waals surface area contributed by atoms with Gasteiger partial charge in [-0.1, -0.05) is 0 Å². The highest BCUT2D eigenvalue weighted by Crippen LogP contribution is 2.37. The summed E-state index contributed by atoms with van der Waals surface area (Å²) in [6, 6.07) is 0.576. The van der Waals surface area contributed by atoms with Gasteiger partial charge in [-0.05, 0) is 89.0 Å². The van der Waals surface area contributed by atoms with Crippen LogP contribution in [0.4, 0.5) is 4.53 Å². The van der Waals surface area contributed by atoms with Gasteiger partial charge in [0, 0.05) is 17.6 Å². The summed E-state index contributed by atoms with van der Waals surface area (Å²) in [5.41, 5.74) is 9.01. The lowest BCUT2D eigenvalue weighted by atomic mass is 10.1. The first-order valence-electron chi connectivity index (χ1n) is 9.98. The number of nitrogens with two attached hydrogens (primary N) is 1. The second-order valence-corrected chi connectivity index (χ2v) is 8.08. The van der Waals surface area contributed by atoms with Gasteiger partial charge < -0.3 is 20.7 Å². The Labute approximate surface area is 166 Å². The molecule has 2 atom stereocenters. The number of hydrogen-bond acceptors (Lipinski definition) is 6. The predicted octanol–water partition coefficient (Wildman–Crippen LogP) is 2.94. The molecule has 158 valence electrons. The minimum absolute atomic E-state index is 0.576. The van der Waals surface area contributed by atoms with Gasteiger partial charge in [-0.15, -0.1) is 0 Å². The van der Waals surface area contributed by atoms with Crippen molar-refractivity contribution in [1.82, 2.24) is 19.9 Å². The molecule has 0 aliphatic heterocycles. The van der Waals surface area contributed by atoms with Gasteiger partial charge in [-0.3, -0.25) is 0 Å². The minimum Gasteiger partial charge on any atom is -0.363 e. The molecule has 1 aliphatic rings. The molecule has 2 aromatic heterocycles. The molecule has 0 saturated heterocycles. The van der Waals surface area contributed by atoms with Gasteiger partial charge in [0.25, 0.3) is 0 Å². The Hall–Kier alpha value is -1.61. The van der Waals surface area contributed by atoms with Crippen LogP contribution in [0, 0.1) is 19.8 Å². The molecule has 1 fully saturated rings. The molecule has 8 heteroatoms. The maximum atomic E-state index is 10.8. The number of aliphatic hydroxyl groups is 1. The van der Waals surface area contributed by atoms with Crippen molar-refractivity contribution in [2.75, 3.05) is 19.6 Å². The molecule has 1 saturated carbocycles. The van der Waals surface area contributed by atoms with Crippen molar-refractivity contribution < 1.29 is 14.6 Å². The molecule has 4 N–H and O–H groups in total. The van der Waals surface area contributed by atoms with E-state index in [4.69, 9.17) is 10.8 Å². The van der Waals surface area contributed by atoms with Crippen LogP contribution in [0.1, 0.15) is 56.8 Å². The van der Waals surface area contributed by atoms with Gasteiger partial charge in [0.2, 0.25) is 0 Å². The molecule has 0 radical (unpaired) electrons. The molecular formula is C20H34FN5O2. The monoisotopic (exact) mass is 395 g/mol. The van der Waals surface area contributed by atoms with Crippen LogP contribution >= 0.6 is 0 Å². The summed E-state index contributed by atoms with van der Waals surface area (Å²) in [4.78, 5) is 11.9. The second kappa shape index (κ2) is 10.2. The topological polar surface area (TPSA) is 98.2 Å². The standard InChI is InChI=1S/C17H27N5.C3H7FO2/c1-12-10-22(17-16(12)13(2)20-11-21-17)15-5-4-14(8-15)9-19-7-3-6-18;1-3(2,5)6-4/h10-11,14-15,19H,3-9,18H2,1-2H3;5H,1-2H3. The van der Waals surface area contributed by atoms with Gasteiger partial charge in [-0.2, -0.15) is 4.94 Å². The van der Waals surface area contributed by atoms with E-state index in [2.05, 4.69) is 44.8 Å². The van der Waals surface area contributed by atoms with E-state index in [1.54, 1.807) is 6.33 Å². The molecular weight excluding hydrogens is 361 g/mol. The van der Waals surface area contributed by atoms with Crippen molar-refractivity contribution in [2.24, 2.45) is 11.7 Å². The lowest BCUT2D eigenvalue weighted by Crippen LogP contribution is -2.24. The van der Waals surface area contributed by atoms with E-state index >= 15 is 0 Å². The Morgan fingerprint density at radius 1 is 1.36 bits per heavy atom. The Balaban J connectivity index is 0.000000409. The lowest BCUT2D eigenvalue weighted by molar-refractivity contribution is -0.309. The highest BCUT2D eigenvalue weighted by atomic mass is 19.3. The van der Waals surface area contributed by atoms with Gasteiger partial charge in [0.05, 0.1) is 5.69 Å². The van der Waals surface area contributed by atoms with Crippen LogP contribution < -0.4 is 11.1 Å². The maximum absolute atomic E-state index is 10.8. The smallest absolute Gasteiger partial charge is 0.198 e. The molecule has 7 nitrogen and oxygen atoms in total. The first-order chi connectivity index (χ1) is 13.3. The summed E-state index contributed by atoms with van der Waals surface area (Å²) in [6.07, 6.45) is 8.80. The van der Waals surface area contributed by atoms with E-state index in [1.165, 1.54) is 44.1 Å². The van der Waals surface area contributed by atoms with E-state index in [9.17, 15) is 4.53 Å². The number of halogens is 1. The van der Waals surface area contributed by atoms with E-state index < -0.39 is 5.79 Å². The Bertz CT molecular complexity index is 744. The predicted molar refractivity (Wildman–Crippen MR) is 108 cm³/mol. The number of nitrogens with one attached hydrogen (secondary N) is 1. The number of fused-ring (bicyclic) bond motifs is 1. The van der Waals surface area contributed by atoms with Crippen LogP contribution in [0.3, 0.4) is 0 Å². The fourth-order valence-electron chi connectivity index (χ4n) is 3.75. The van der Waals surface area contributed by atoms with Crippen molar-refractivity contribution in [1.29, 1.82) is 0 Å². The molecule has 0 aromatic carbocycles. The highest BCUT2D eigenvalue weighted by Gasteiger charge is 2.27. The fourth-order valence-corrected chi connectivity index (χ4v) is 3.75. The zero-order chi connectivity index (χ0) is 20.7. The molecule has 1 aliphatic carbocycles. The average Bonchev–Trinajstić information content (AvgIpc) is 3.24. The molecule has 0 spiro atoms. The average molecular weight is 396 g/mol. The number of rotatable bonds is 7. The third-order valence-electron chi connectivity index (χ3n) is 5.07. The second-order valence-electron chi connectivity index (χ2n) is 8.08. The van der Waals surface area contributed by atoms with Crippen LogP contribution in [-0.2, 0) is 4.94 Å². The quantitative estimate of drug-likeness (QED) is 0.492. The van der Waals surface area contributed by atoms with Crippen molar-refractivity contribution in [3.05, 3.63) is 23.8 Å². The lowest BCUT2D eigenvalue weighted by Gasteiger charge is -2.15. The van der Waals surface area contributed by atoms with E-state index in [0.29, 0.717) is 6.04 Å². The molecule has 2 heterocycles. The molecule has 0 bridgehead atoms. The van der Waals surface area contributed by atoms with Crippen LogP contribution in [0.5, 0.6) is 0 Å². The first kappa shape index (κ1) is 22.7. The molecule has 28 heavy (non-hydrogen) atoms. The van der Waals surface area contributed by atoms with Crippen LogP contribution in [0.25, 0.3) is 11.0 Å². The van der Waals surface area contributed by atoms with Crippen LogP contribution in [0.15, 0.2) is 12.5 Å². The summed E-state index contributed by atoms with van der Waals surface area (Å²) in [7, 11) is 0. The molecule has 2 aromatic rings. The maximum Gasteiger partial charge on any atom is 0.198 e. The Morgan fingerprint density at radius 2 is 2.07 bits per heavy atom. The molecule has 0 amide bonds. The number of aryl methyl sites for hydroxylation is 2. The first-order valence-corrected chi connectivity index (χ1v) is 9.98. The van der Waals surface area contributed by atoms with Crippen molar-refractivity contribution in [2.45, 2.75) is 65.2 Å². The number of hydrogen-bond donors (Lipinski definition) is 3. The minimum atomic E-state index is -1.62. The van der Waals surface area contributed by atoms with Crippen molar-refractivity contribution in [3.63, 3.8) is 0 Å². The fraction of sp³-hybridized carbons (Fsp3) is 0.700. The Morgan fingerprint density at radius 3 is 2.71 bits per heavy atom. The zero-order valence-corrected chi connectivity index (χ0v) is 17.4. The van der Waals surface area contributed by atoms with Gasteiger partial charge in [0.1, 0.15) is 12.0 Å². The third-order valence-corrected chi connectivity index (χ3v) is 5.07. The number of aromatic nitrogens is 3. The van der Waals surface area contributed by atoms with Crippen molar-refractivity contribution >= 4 is 11.0 Å².